The number of hydrogen-bond acceptors (Lipinski definition) is 2. The summed E-state index contributed by atoms with van der Waals surface area (Å²) in [7, 11) is 0. The zero-order valence-corrected chi connectivity index (χ0v) is 35.8. The van der Waals surface area contributed by atoms with Gasteiger partial charge in [-0.15, -0.1) is 11.8 Å². The Morgan fingerprint density at radius 2 is 1.60 bits per heavy atom. The summed E-state index contributed by atoms with van der Waals surface area (Å²) in [5.41, 5.74) is 13.5. The summed E-state index contributed by atoms with van der Waals surface area (Å²) in [5.74, 6) is 5.58. The first kappa shape index (κ1) is 36.4. The molecule has 12 atom stereocenters. The standard InChI is InChI=1S/C56H63NS/c1-55(2)45-22-10-8-21-42(45)43-31-29-38(34-49(43)55)57(51-25-13-9-19-40(51)36-16-4-3-5-17-36)39-30-32-44-50(35-39)56(48-33-28-37-18-6-7-20-41(37)54(44)48)46-23-11-14-26-52(46)58-53-27-15-12-24-47(53)56/h4,6,8-11,13-19,23,25-27,29,31,35,38,42,44-48,50,52-54H,3,5,7,12,20-22,24,28,30,32-34H2,1-2H3. The molecular formula is C56H63NS. The highest BCUT2D eigenvalue weighted by Crippen LogP contribution is 2.75. The smallest absolute Gasteiger partial charge is 0.0559 e. The van der Waals surface area contributed by atoms with E-state index in [9.17, 15) is 0 Å². The second-order valence-electron chi connectivity index (χ2n) is 20.5. The van der Waals surface area contributed by atoms with Crippen LogP contribution in [0.5, 0.6) is 0 Å². The first-order valence-corrected chi connectivity index (χ1v) is 24.6. The van der Waals surface area contributed by atoms with Crippen molar-refractivity contribution < 1.29 is 0 Å². The molecule has 58 heavy (non-hydrogen) atoms. The van der Waals surface area contributed by atoms with Gasteiger partial charge >= 0.3 is 0 Å². The number of fused-ring (bicyclic) bond motifs is 12. The second kappa shape index (κ2) is 14.0. The number of rotatable bonds is 4. The van der Waals surface area contributed by atoms with E-state index in [1.54, 1.807) is 22.4 Å². The molecule has 12 unspecified atom stereocenters. The van der Waals surface area contributed by atoms with Crippen LogP contribution in [0.15, 0.2) is 149 Å². The summed E-state index contributed by atoms with van der Waals surface area (Å²) in [4.78, 5) is 2.94. The maximum atomic E-state index is 3.02. The molecule has 0 amide bonds. The zero-order chi connectivity index (χ0) is 38.6. The van der Waals surface area contributed by atoms with Crippen LogP contribution in [0.2, 0.25) is 0 Å². The predicted octanol–water partition coefficient (Wildman–Crippen LogP) is 14.2. The molecule has 1 saturated heterocycles. The van der Waals surface area contributed by atoms with E-state index in [2.05, 4.69) is 152 Å². The summed E-state index contributed by atoms with van der Waals surface area (Å²) in [6.07, 6.45) is 57.3. The summed E-state index contributed by atoms with van der Waals surface area (Å²) < 4.78 is 0. The van der Waals surface area contributed by atoms with E-state index in [-0.39, 0.29) is 10.8 Å². The molecule has 1 aromatic rings. The Bertz CT molecular complexity index is 2220. The van der Waals surface area contributed by atoms with E-state index in [1.807, 2.05) is 5.57 Å². The molecule has 0 bridgehead atoms. The molecule has 1 spiro atoms. The van der Waals surface area contributed by atoms with Gasteiger partial charge in [-0.2, -0.15) is 0 Å². The van der Waals surface area contributed by atoms with Crippen LogP contribution in [-0.2, 0) is 0 Å². The lowest BCUT2D eigenvalue weighted by molar-refractivity contribution is -0.00776. The number of benzene rings is 1. The molecular weight excluding hydrogens is 719 g/mol. The molecule has 11 aliphatic rings. The van der Waals surface area contributed by atoms with Crippen LogP contribution in [0.1, 0.15) is 103 Å². The molecule has 1 saturated carbocycles. The van der Waals surface area contributed by atoms with Crippen LogP contribution in [0.25, 0.3) is 5.57 Å². The molecule has 12 rings (SSSR count). The van der Waals surface area contributed by atoms with Crippen LogP contribution in [-0.4, -0.2) is 16.5 Å². The predicted molar refractivity (Wildman–Crippen MR) is 246 cm³/mol. The molecule has 1 heterocycles. The molecule has 0 aromatic heterocycles. The van der Waals surface area contributed by atoms with Gasteiger partial charge in [0.15, 0.2) is 0 Å². The number of thioether (sulfide) groups is 1. The van der Waals surface area contributed by atoms with Crippen molar-refractivity contribution in [2.75, 3.05) is 4.90 Å². The Morgan fingerprint density at radius 3 is 2.53 bits per heavy atom. The summed E-state index contributed by atoms with van der Waals surface area (Å²) in [6.45, 7) is 5.18. The normalized spacial score (nSPS) is 41.0. The fraction of sp³-hybridized carbons (Fsp3) is 0.500. The number of anilines is 1. The lowest BCUT2D eigenvalue weighted by Crippen LogP contribution is -2.57. The van der Waals surface area contributed by atoms with Gasteiger partial charge in [0, 0.05) is 27.4 Å². The van der Waals surface area contributed by atoms with Crippen LogP contribution >= 0.6 is 11.8 Å². The molecule has 1 aromatic carbocycles. The van der Waals surface area contributed by atoms with Crippen LogP contribution in [0.3, 0.4) is 0 Å². The van der Waals surface area contributed by atoms with Gasteiger partial charge < -0.3 is 4.90 Å². The fourth-order valence-corrected chi connectivity index (χ4v) is 17.7. The molecule has 2 fully saturated rings. The van der Waals surface area contributed by atoms with Crippen molar-refractivity contribution in [3.8, 4) is 0 Å². The van der Waals surface area contributed by atoms with Crippen LogP contribution in [0.4, 0.5) is 5.69 Å². The summed E-state index contributed by atoms with van der Waals surface area (Å²) in [5, 5.41) is 1.20. The van der Waals surface area contributed by atoms with Crippen molar-refractivity contribution in [2.24, 2.45) is 58.2 Å². The van der Waals surface area contributed by atoms with Gasteiger partial charge in [-0.05, 0) is 164 Å². The van der Waals surface area contributed by atoms with Crippen LogP contribution < -0.4 is 4.90 Å². The summed E-state index contributed by atoms with van der Waals surface area (Å²) >= 11 is 2.31. The molecule has 0 N–H and O–H groups in total. The first-order valence-electron chi connectivity index (χ1n) is 23.6. The van der Waals surface area contributed by atoms with Crippen molar-refractivity contribution in [1.29, 1.82) is 0 Å². The molecule has 1 aliphatic heterocycles. The zero-order valence-electron chi connectivity index (χ0n) is 34.9. The van der Waals surface area contributed by atoms with E-state index < -0.39 is 0 Å². The molecule has 298 valence electrons. The number of nitrogens with zero attached hydrogens (tertiary/aromatic N) is 1. The van der Waals surface area contributed by atoms with Gasteiger partial charge in [-0.25, -0.2) is 0 Å². The number of hydrogen-bond donors (Lipinski definition) is 0. The highest BCUT2D eigenvalue weighted by Gasteiger charge is 2.69. The van der Waals surface area contributed by atoms with Crippen molar-refractivity contribution in [3.05, 3.63) is 155 Å². The van der Waals surface area contributed by atoms with E-state index in [4.69, 9.17) is 0 Å². The summed E-state index contributed by atoms with van der Waals surface area (Å²) in [6, 6.07) is 9.87. The van der Waals surface area contributed by atoms with Gasteiger partial charge in [-0.3, -0.25) is 0 Å². The highest BCUT2D eigenvalue weighted by molar-refractivity contribution is 8.00. The van der Waals surface area contributed by atoms with Gasteiger partial charge in [-0.1, -0.05) is 140 Å². The monoisotopic (exact) mass is 781 g/mol. The Labute approximate surface area is 353 Å². The lowest BCUT2D eigenvalue weighted by atomic mass is 9.50. The fourth-order valence-electron chi connectivity index (χ4n) is 15.9. The number of allylic oxidation sites excluding steroid dienone is 18. The van der Waals surface area contributed by atoms with Crippen molar-refractivity contribution in [1.82, 2.24) is 0 Å². The third-order valence-corrected chi connectivity index (χ3v) is 19.6. The Hall–Kier alpha value is -3.49. The molecule has 10 aliphatic carbocycles. The van der Waals surface area contributed by atoms with Crippen molar-refractivity contribution in [3.63, 3.8) is 0 Å². The highest BCUT2D eigenvalue weighted by atomic mass is 32.2. The third kappa shape index (κ3) is 5.28. The van der Waals surface area contributed by atoms with Crippen LogP contribution in [0, 0.1) is 58.2 Å². The van der Waals surface area contributed by atoms with E-state index in [0.29, 0.717) is 34.3 Å². The Morgan fingerprint density at radius 1 is 0.707 bits per heavy atom. The SMILES string of the molecule is CC1(C)C2=C(C=CC(N(C3=CC4C(CC3)C3C5=C(C=CCC5)CCC3C43C4C=CC=CC4SC4C=CCCC43)c3ccccc3C3=CCCC=C3)C2)C2CC=CCC21. The van der Waals surface area contributed by atoms with Crippen molar-refractivity contribution in [2.45, 2.75) is 114 Å². The maximum absolute atomic E-state index is 3.02. The van der Waals surface area contributed by atoms with Gasteiger partial charge in [0.2, 0.25) is 0 Å². The van der Waals surface area contributed by atoms with Gasteiger partial charge in [0.1, 0.15) is 0 Å². The molecule has 0 radical (unpaired) electrons. The van der Waals surface area contributed by atoms with Gasteiger partial charge in [0.05, 0.1) is 6.04 Å². The third-order valence-electron chi connectivity index (χ3n) is 18.0. The number of para-hydroxylation sites is 1. The van der Waals surface area contributed by atoms with E-state index >= 15 is 0 Å². The first-order chi connectivity index (χ1) is 28.5. The Balaban J connectivity index is 1.04. The van der Waals surface area contributed by atoms with E-state index in [1.165, 1.54) is 81.0 Å². The Kier molecular flexibility index (Phi) is 8.80. The lowest BCUT2D eigenvalue weighted by Gasteiger charge is -2.60. The second-order valence-corrected chi connectivity index (χ2v) is 21.9. The van der Waals surface area contributed by atoms with Crippen molar-refractivity contribution >= 4 is 23.0 Å². The van der Waals surface area contributed by atoms with E-state index in [0.717, 1.165) is 48.9 Å². The quantitative estimate of drug-likeness (QED) is 0.280. The largest absolute Gasteiger partial charge is 0.338 e. The molecule has 1 nitrogen and oxygen atoms in total. The topological polar surface area (TPSA) is 3.24 Å². The minimum absolute atomic E-state index is 0.226. The maximum Gasteiger partial charge on any atom is 0.0559 e. The average molecular weight is 782 g/mol. The van der Waals surface area contributed by atoms with Gasteiger partial charge in [0.25, 0.3) is 0 Å². The average Bonchev–Trinajstić information content (AvgIpc) is 3.69. The molecule has 2 heteroatoms. The minimum atomic E-state index is 0.226. The minimum Gasteiger partial charge on any atom is -0.338 e.